The van der Waals surface area contributed by atoms with Crippen molar-refractivity contribution in [1.82, 2.24) is 10.2 Å². The monoisotopic (exact) mass is 282 g/mol. The van der Waals surface area contributed by atoms with Gasteiger partial charge < -0.3 is 15.0 Å². The molecule has 3 atom stereocenters. The summed E-state index contributed by atoms with van der Waals surface area (Å²) in [6.07, 6.45) is 8.57. The van der Waals surface area contributed by atoms with Crippen LogP contribution in [0.3, 0.4) is 0 Å². The highest BCUT2D eigenvalue weighted by Crippen LogP contribution is 2.27. The molecule has 4 nitrogen and oxygen atoms in total. The quantitative estimate of drug-likeness (QED) is 0.727. The smallest absolute Gasteiger partial charge is 0.322 e. The molecule has 1 N–H and O–H groups in total. The summed E-state index contributed by atoms with van der Waals surface area (Å²) in [6.45, 7) is 3.32. The Kier molecular flexibility index (Phi) is 5.85. The third-order valence-electron chi connectivity index (χ3n) is 4.80. The van der Waals surface area contributed by atoms with Crippen LogP contribution in [0.4, 0.5) is 0 Å². The Morgan fingerprint density at radius 2 is 2.10 bits per heavy atom. The van der Waals surface area contributed by atoms with Crippen molar-refractivity contribution >= 4 is 5.97 Å². The molecule has 0 saturated heterocycles. The van der Waals surface area contributed by atoms with Crippen molar-refractivity contribution in [3.63, 3.8) is 0 Å². The maximum Gasteiger partial charge on any atom is 0.322 e. The largest absolute Gasteiger partial charge is 0.468 e. The first-order valence-corrected chi connectivity index (χ1v) is 8.14. The number of hydrogen-bond donors (Lipinski definition) is 1. The maximum absolute atomic E-state index is 11.8. The van der Waals surface area contributed by atoms with Crippen molar-refractivity contribution in [1.29, 1.82) is 0 Å². The molecule has 116 valence electrons. The molecule has 2 aliphatic carbocycles. The van der Waals surface area contributed by atoms with Crippen molar-refractivity contribution in [2.75, 3.05) is 20.7 Å². The van der Waals surface area contributed by atoms with E-state index in [9.17, 15) is 4.79 Å². The summed E-state index contributed by atoms with van der Waals surface area (Å²) in [5.41, 5.74) is 0. The molecular weight excluding hydrogens is 252 g/mol. The highest BCUT2D eigenvalue weighted by atomic mass is 16.5. The molecule has 0 amide bonds. The summed E-state index contributed by atoms with van der Waals surface area (Å²) < 4.78 is 4.92. The van der Waals surface area contributed by atoms with Crippen molar-refractivity contribution in [3.8, 4) is 0 Å². The molecule has 0 radical (unpaired) electrons. The minimum atomic E-state index is -0.129. The molecule has 0 aromatic carbocycles. The van der Waals surface area contributed by atoms with Crippen LogP contribution in [0.2, 0.25) is 0 Å². The van der Waals surface area contributed by atoms with Gasteiger partial charge in [-0.1, -0.05) is 19.8 Å². The molecule has 2 rings (SSSR count). The molecule has 20 heavy (non-hydrogen) atoms. The van der Waals surface area contributed by atoms with Gasteiger partial charge in [-0.2, -0.15) is 0 Å². The van der Waals surface area contributed by atoms with Gasteiger partial charge in [-0.25, -0.2) is 0 Å². The number of nitrogens with one attached hydrogen (secondary N) is 1. The topological polar surface area (TPSA) is 41.6 Å². The summed E-state index contributed by atoms with van der Waals surface area (Å²) >= 11 is 0. The van der Waals surface area contributed by atoms with Crippen LogP contribution >= 0.6 is 0 Å². The minimum absolute atomic E-state index is 0.109. The fraction of sp³-hybridized carbons (Fsp3) is 0.938. The van der Waals surface area contributed by atoms with Gasteiger partial charge in [0.2, 0.25) is 0 Å². The summed E-state index contributed by atoms with van der Waals surface area (Å²) in [4.78, 5) is 14.3. The number of nitrogens with zero attached hydrogens (tertiary/aromatic N) is 1. The second-order valence-corrected chi connectivity index (χ2v) is 6.71. The van der Waals surface area contributed by atoms with E-state index >= 15 is 0 Å². The Hall–Kier alpha value is -0.610. The molecule has 0 aromatic rings. The molecule has 2 fully saturated rings. The average Bonchev–Trinajstić information content (AvgIpc) is 3.26. The minimum Gasteiger partial charge on any atom is -0.468 e. The summed E-state index contributed by atoms with van der Waals surface area (Å²) in [6, 6.07) is 1.10. The first-order valence-electron chi connectivity index (χ1n) is 8.14. The predicted molar refractivity (Wildman–Crippen MR) is 80.6 cm³/mol. The van der Waals surface area contributed by atoms with E-state index in [2.05, 4.69) is 24.2 Å². The molecule has 0 aliphatic heterocycles. The van der Waals surface area contributed by atoms with Crippen LogP contribution in [0.15, 0.2) is 0 Å². The van der Waals surface area contributed by atoms with Gasteiger partial charge in [-0.3, -0.25) is 4.79 Å². The first kappa shape index (κ1) is 15.8. The zero-order valence-corrected chi connectivity index (χ0v) is 13.2. The van der Waals surface area contributed by atoms with E-state index in [0.717, 1.165) is 18.9 Å². The average molecular weight is 282 g/mol. The van der Waals surface area contributed by atoms with E-state index in [1.807, 2.05) is 0 Å². The molecule has 2 aliphatic rings. The SMILES string of the molecule is COC(=O)C(CCN(C)C1CCCC(C)C1)NC1CC1. The number of carbonyl (C=O) groups excluding carboxylic acids is 1. The molecule has 0 bridgehead atoms. The Labute approximate surface area is 123 Å². The van der Waals surface area contributed by atoms with Gasteiger partial charge in [-0.05, 0) is 45.1 Å². The van der Waals surface area contributed by atoms with E-state index in [1.54, 1.807) is 0 Å². The lowest BCUT2D eigenvalue weighted by Crippen LogP contribution is -2.43. The fourth-order valence-electron chi connectivity index (χ4n) is 3.26. The van der Waals surface area contributed by atoms with E-state index < -0.39 is 0 Å². The Bertz CT molecular complexity index is 318. The van der Waals surface area contributed by atoms with Crippen molar-refractivity contribution < 1.29 is 9.53 Å². The van der Waals surface area contributed by atoms with Crippen LogP contribution in [0.1, 0.15) is 51.9 Å². The van der Waals surface area contributed by atoms with Crippen LogP contribution in [0.5, 0.6) is 0 Å². The lowest BCUT2D eigenvalue weighted by Gasteiger charge is -2.34. The van der Waals surface area contributed by atoms with Crippen LogP contribution in [-0.4, -0.2) is 49.7 Å². The van der Waals surface area contributed by atoms with E-state index in [4.69, 9.17) is 4.74 Å². The second kappa shape index (κ2) is 7.41. The molecule has 2 saturated carbocycles. The first-order chi connectivity index (χ1) is 9.60. The standard InChI is InChI=1S/C16H30N2O2/c1-12-5-4-6-14(11-12)18(2)10-9-15(16(19)20-3)17-13-7-8-13/h12-15,17H,4-11H2,1-3H3. The number of rotatable bonds is 7. The summed E-state index contributed by atoms with van der Waals surface area (Å²) in [7, 11) is 3.69. The molecule has 4 heteroatoms. The summed E-state index contributed by atoms with van der Waals surface area (Å²) in [5.74, 6) is 0.736. The van der Waals surface area contributed by atoms with Crippen LogP contribution in [-0.2, 0) is 9.53 Å². The van der Waals surface area contributed by atoms with E-state index in [0.29, 0.717) is 12.1 Å². The highest BCUT2D eigenvalue weighted by molar-refractivity contribution is 5.75. The fourth-order valence-corrected chi connectivity index (χ4v) is 3.26. The van der Waals surface area contributed by atoms with E-state index in [1.165, 1.54) is 45.6 Å². The van der Waals surface area contributed by atoms with Gasteiger partial charge in [-0.15, -0.1) is 0 Å². The third kappa shape index (κ3) is 4.74. The Morgan fingerprint density at radius 1 is 1.35 bits per heavy atom. The molecule has 3 unspecified atom stereocenters. The number of carbonyl (C=O) groups is 1. The van der Waals surface area contributed by atoms with Gasteiger partial charge in [0, 0.05) is 18.6 Å². The van der Waals surface area contributed by atoms with Crippen LogP contribution in [0, 0.1) is 5.92 Å². The molecule has 0 aromatic heterocycles. The number of methoxy groups -OCH3 is 1. The van der Waals surface area contributed by atoms with Crippen molar-refractivity contribution in [2.45, 2.75) is 70.0 Å². The highest BCUT2D eigenvalue weighted by Gasteiger charge is 2.30. The lowest BCUT2D eigenvalue weighted by molar-refractivity contribution is -0.143. The maximum atomic E-state index is 11.8. The molecular formula is C16H30N2O2. The van der Waals surface area contributed by atoms with Crippen LogP contribution in [0.25, 0.3) is 0 Å². The van der Waals surface area contributed by atoms with Gasteiger partial charge in [0.25, 0.3) is 0 Å². The zero-order valence-electron chi connectivity index (χ0n) is 13.2. The number of hydrogen-bond acceptors (Lipinski definition) is 4. The van der Waals surface area contributed by atoms with Gasteiger partial charge in [0.05, 0.1) is 7.11 Å². The second-order valence-electron chi connectivity index (χ2n) is 6.71. The van der Waals surface area contributed by atoms with Crippen molar-refractivity contribution in [2.24, 2.45) is 5.92 Å². The number of ether oxygens (including phenoxy) is 1. The zero-order chi connectivity index (χ0) is 14.5. The molecule has 0 spiro atoms. The van der Waals surface area contributed by atoms with Gasteiger partial charge >= 0.3 is 5.97 Å². The predicted octanol–water partition coefficient (Wildman–Crippen LogP) is 2.18. The third-order valence-corrected chi connectivity index (χ3v) is 4.80. The lowest BCUT2D eigenvalue weighted by atomic mass is 9.86. The van der Waals surface area contributed by atoms with Gasteiger partial charge in [0.1, 0.15) is 6.04 Å². The summed E-state index contributed by atoms with van der Waals surface area (Å²) in [5, 5.41) is 3.41. The van der Waals surface area contributed by atoms with E-state index in [-0.39, 0.29) is 12.0 Å². The number of esters is 1. The molecule has 0 heterocycles. The van der Waals surface area contributed by atoms with Crippen LogP contribution < -0.4 is 5.32 Å². The Morgan fingerprint density at radius 3 is 2.70 bits per heavy atom. The van der Waals surface area contributed by atoms with Crippen molar-refractivity contribution in [3.05, 3.63) is 0 Å². The van der Waals surface area contributed by atoms with Gasteiger partial charge in [0.15, 0.2) is 0 Å². The Balaban J connectivity index is 1.76. The normalized spacial score (nSPS) is 28.4.